The third-order valence-corrected chi connectivity index (χ3v) is 0. The SMILES string of the molecule is [Ag+].[Ag+].[Br-].[Cl-]. The maximum absolute atomic E-state index is 0. The molecule has 0 amide bonds. The van der Waals surface area contributed by atoms with Gasteiger partial charge in [-0.3, -0.25) is 0 Å². The summed E-state index contributed by atoms with van der Waals surface area (Å²) in [6, 6.07) is 0. The van der Waals surface area contributed by atoms with Gasteiger partial charge in [-0.25, -0.2) is 0 Å². The van der Waals surface area contributed by atoms with E-state index in [0.29, 0.717) is 0 Å². The van der Waals surface area contributed by atoms with Gasteiger partial charge in [-0.05, 0) is 0 Å². The molecule has 0 spiro atoms. The Labute approximate surface area is 73.3 Å². The first-order valence-electron chi connectivity index (χ1n) is 0. The third-order valence-electron chi connectivity index (χ3n) is 0. The molecule has 0 N–H and O–H groups in total. The number of hydrogen-bond acceptors (Lipinski definition) is 0. The smallest absolute Gasteiger partial charge is 1.00 e. The Morgan fingerprint density at radius 2 is 0.750 bits per heavy atom. The summed E-state index contributed by atoms with van der Waals surface area (Å²) in [6.45, 7) is 0. The van der Waals surface area contributed by atoms with Crippen LogP contribution in [0.25, 0.3) is 0 Å². The Balaban J connectivity index is 0. The van der Waals surface area contributed by atoms with Crippen LogP contribution in [-0.4, -0.2) is 0 Å². The third kappa shape index (κ3) is 8.87. The standard InChI is InChI=1S/2Ag.BrH.ClH/h;;2*1H/q2*+1;;/p-2. The number of hydrogen-bond donors (Lipinski definition) is 0. The molecule has 0 nitrogen and oxygen atoms in total. The van der Waals surface area contributed by atoms with Gasteiger partial charge in [-0.2, -0.15) is 0 Å². The zero-order valence-electron chi connectivity index (χ0n) is 1.36. The molecular formula is Ag2BrCl. The quantitative estimate of drug-likeness (QED) is 0.388. The Kier molecular flexibility index (Phi) is 159. The topological polar surface area (TPSA) is 0 Å². The van der Waals surface area contributed by atoms with Crippen LogP contribution < -0.4 is 29.4 Å². The van der Waals surface area contributed by atoms with E-state index in [-0.39, 0.29) is 74.1 Å². The summed E-state index contributed by atoms with van der Waals surface area (Å²) in [7, 11) is 0. The molecule has 0 atom stereocenters. The summed E-state index contributed by atoms with van der Waals surface area (Å²) in [6.07, 6.45) is 0. The molecule has 0 bridgehead atoms. The molecule has 0 saturated carbocycles. The monoisotopic (exact) mass is 328 g/mol. The predicted octanol–water partition coefficient (Wildman–Crippen LogP) is -6.00. The average molecular weight is 331 g/mol. The molecule has 0 aliphatic heterocycles. The van der Waals surface area contributed by atoms with Gasteiger partial charge in [0.25, 0.3) is 0 Å². The van der Waals surface area contributed by atoms with Crippen molar-refractivity contribution in [3.63, 3.8) is 0 Å². The van der Waals surface area contributed by atoms with Gasteiger partial charge in [-0.15, -0.1) is 0 Å². The first-order chi connectivity index (χ1) is 0. The minimum atomic E-state index is 0. The molecular weight excluding hydrogens is 331 g/mol. The molecule has 0 saturated heterocycles. The van der Waals surface area contributed by atoms with Crippen LogP contribution in [0, 0.1) is 0 Å². The minimum Gasteiger partial charge on any atom is -1.00 e. The molecule has 0 rings (SSSR count). The van der Waals surface area contributed by atoms with E-state index in [1.54, 1.807) is 0 Å². The predicted molar refractivity (Wildman–Crippen MR) is 0 cm³/mol. The van der Waals surface area contributed by atoms with E-state index >= 15 is 0 Å². The molecule has 0 aromatic rings. The van der Waals surface area contributed by atoms with E-state index in [1.807, 2.05) is 0 Å². The second-order valence-corrected chi connectivity index (χ2v) is 0. The van der Waals surface area contributed by atoms with Crippen LogP contribution >= 0.6 is 0 Å². The van der Waals surface area contributed by atoms with Gasteiger partial charge in [0.2, 0.25) is 0 Å². The zero-order chi connectivity index (χ0) is 0. The summed E-state index contributed by atoms with van der Waals surface area (Å²) in [5.74, 6) is 0. The van der Waals surface area contributed by atoms with E-state index in [0.717, 1.165) is 0 Å². The van der Waals surface area contributed by atoms with Gasteiger partial charge >= 0.3 is 44.8 Å². The Morgan fingerprint density at radius 1 is 0.750 bits per heavy atom. The molecule has 4 heavy (non-hydrogen) atoms. The van der Waals surface area contributed by atoms with Gasteiger partial charge < -0.3 is 29.4 Å². The van der Waals surface area contributed by atoms with Gasteiger partial charge in [0.1, 0.15) is 0 Å². The van der Waals surface area contributed by atoms with Crippen molar-refractivity contribution in [2.75, 3.05) is 0 Å². The second kappa shape index (κ2) is 18.7. The fraction of sp³-hybridized carbons (Fsp3) is 0. The molecule has 0 aliphatic carbocycles. The van der Waals surface area contributed by atoms with Gasteiger partial charge in [0.15, 0.2) is 0 Å². The fourth-order valence-corrected chi connectivity index (χ4v) is 0. The Hall–Kier alpha value is 2.25. The van der Waals surface area contributed by atoms with Crippen molar-refractivity contribution in [2.24, 2.45) is 0 Å². The molecule has 4 heteroatoms. The van der Waals surface area contributed by atoms with Crippen LogP contribution in [0.15, 0.2) is 0 Å². The van der Waals surface area contributed by atoms with Crippen LogP contribution in [0.4, 0.5) is 0 Å². The maximum atomic E-state index is 0. The van der Waals surface area contributed by atoms with Gasteiger partial charge in [-0.1, -0.05) is 0 Å². The van der Waals surface area contributed by atoms with Crippen molar-refractivity contribution < 1.29 is 74.1 Å². The summed E-state index contributed by atoms with van der Waals surface area (Å²) in [5.41, 5.74) is 0. The van der Waals surface area contributed by atoms with Crippen LogP contribution in [-0.2, 0) is 44.8 Å². The molecule has 36 valence electrons. The second-order valence-electron chi connectivity index (χ2n) is 0. The Bertz CT molecular complexity index is 6.00. The van der Waals surface area contributed by atoms with E-state index in [4.69, 9.17) is 0 Å². The van der Waals surface area contributed by atoms with Crippen molar-refractivity contribution in [3.8, 4) is 0 Å². The number of halogens is 2. The van der Waals surface area contributed by atoms with Crippen LogP contribution in [0.3, 0.4) is 0 Å². The van der Waals surface area contributed by atoms with E-state index < -0.39 is 0 Å². The molecule has 0 heterocycles. The fourth-order valence-electron chi connectivity index (χ4n) is 0. The largest absolute Gasteiger partial charge is 1.00 e. The first kappa shape index (κ1) is 34.0. The number of rotatable bonds is 0. The van der Waals surface area contributed by atoms with E-state index in [9.17, 15) is 0 Å². The summed E-state index contributed by atoms with van der Waals surface area (Å²) >= 11 is 0. The van der Waals surface area contributed by atoms with Gasteiger partial charge in [0, 0.05) is 0 Å². The molecule has 0 unspecified atom stereocenters. The van der Waals surface area contributed by atoms with Crippen LogP contribution in [0.5, 0.6) is 0 Å². The van der Waals surface area contributed by atoms with Gasteiger partial charge in [0.05, 0.1) is 0 Å². The van der Waals surface area contributed by atoms with E-state index in [1.165, 1.54) is 0 Å². The van der Waals surface area contributed by atoms with Crippen molar-refractivity contribution in [3.05, 3.63) is 0 Å². The summed E-state index contributed by atoms with van der Waals surface area (Å²) in [4.78, 5) is 0. The maximum Gasteiger partial charge on any atom is 1.00 e. The molecule has 0 aromatic carbocycles. The molecule has 0 fully saturated rings. The molecule has 0 radical (unpaired) electrons. The minimum absolute atomic E-state index is 0. The van der Waals surface area contributed by atoms with Crippen LogP contribution in [0.2, 0.25) is 0 Å². The summed E-state index contributed by atoms with van der Waals surface area (Å²) in [5, 5.41) is 0. The Morgan fingerprint density at radius 3 is 0.750 bits per heavy atom. The normalized spacial score (nSPS) is 0. The average Bonchev–Trinajstić information content (AvgIpc) is 0. The summed E-state index contributed by atoms with van der Waals surface area (Å²) < 4.78 is 0. The molecule has 0 aromatic heterocycles. The van der Waals surface area contributed by atoms with Crippen molar-refractivity contribution >= 4 is 0 Å². The first-order valence-corrected chi connectivity index (χ1v) is 0. The molecule has 0 aliphatic rings. The van der Waals surface area contributed by atoms with E-state index in [2.05, 4.69) is 0 Å². The van der Waals surface area contributed by atoms with Crippen LogP contribution in [0.1, 0.15) is 0 Å². The zero-order valence-corrected chi connectivity index (χ0v) is 6.67. The van der Waals surface area contributed by atoms with Crippen molar-refractivity contribution in [1.29, 1.82) is 0 Å². The van der Waals surface area contributed by atoms with Crippen molar-refractivity contribution in [2.45, 2.75) is 0 Å². The van der Waals surface area contributed by atoms with Crippen molar-refractivity contribution in [1.82, 2.24) is 0 Å².